The van der Waals surface area contributed by atoms with Gasteiger partial charge >= 0.3 is 0 Å². The van der Waals surface area contributed by atoms with E-state index in [0.717, 1.165) is 81.6 Å². The van der Waals surface area contributed by atoms with Crippen LogP contribution in [0.2, 0.25) is 0 Å². The van der Waals surface area contributed by atoms with Crippen molar-refractivity contribution in [3.8, 4) is 0 Å². The number of carbonyl (C=O) groups is 1. The van der Waals surface area contributed by atoms with Gasteiger partial charge in [-0.1, -0.05) is 47.8 Å². The molecule has 1 saturated carbocycles. The number of likely N-dealkylation sites (tertiary alicyclic amines) is 1. The van der Waals surface area contributed by atoms with E-state index in [4.69, 9.17) is 14.2 Å². The first-order valence-corrected chi connectivity index (χ1v) is 11.9. The van der Waals surface area contributed by atoms with E-state index in [2.05, 4.69) is 36.3 Å². The monoisotopic (exact) mass is 423 g/mol. The van der Waals surface area contributed by atoms with Crippen molar-refractivity contribution in [3.63, 3.8) is 0 Å². The fourth-order valence-corrected chi connectivity index (χ4v) is 5.13. The van der Waals surface area contributed by atoms with E-state index in [1.165, 1.54) is 18.4 Å². The summed E-state index contributed by atoms with van der Waals surface area (Å²) in [6, 6.07) is 8.27. The van der Waals surface area contributed by atoms with Gasteiger partial charge in [-0.3, -0.25) is 4.79 Å². The van der Waals surface area contributed by atoms with Crippen LogP contribution in [0.15, 0.2) is 28.8 Å². The van der Waals surface area contributed by atoms with Crippen LogP contribution in [0.5, 0.6) is 0 Å². The number of hydrogen-bond acceptors (Lipinski definition) is 5. The van der Waals surface area contributed by atoms with Gasteiger partial charge in [-0.2, -0.15) is 4.98 Å². The smallest absolute Gasteiger partial charge is 0.229 e. The lowest BCUT2D eigenvalue weighted by Crippen LogP contribution is -2.46. The number of aryl methyl sites for hydroxylation is 1. The highest BCUT2D eigenvalue weighted by Crippen LogP contribution is 2.47. The normalized spacial score (nSPS) is 21.9. The Morgan fingerprint density at radius 1 is 1.10 bits per heavy atom. The van der Waals surface area contributed by atoms with Crippen LogP contribution in [-0.2, 0) is 21.4 Å². The Labute approximate surface area is 184 Å². The lowest BCUT2D eigenvalue weighted by Gasteiger charge is -2.40. The molecule has 0 N–H and O–H groups in total. The van der Waals surface area contributed by atoms with Crippen molar-refractivity contribution in [1.29, 1.82) is 0 Å². The molecule has 3 heterocycles. The van der Waals surface area contributed by atoms with Crippen molar-refractivity contribution in [3.05, 3.63) is 47.1 Å². The molecule has 2 aliphatic heterocycles. The van der Waals surface area contributed by atoms with Crippen LogP contribution in [0.4, 0.5) is 0 Å². The van der Waals surface area contributed by atoms with Crippen molar-refractivity contribution in [1.82, 2.24) is 15.0 Å². The van der Waals surface area contributed by atoms with Crippen molar-refractivity contribution in [2.24, 2.45) is 5.92 Å². The van der Waals surface area contributed by atoms with Crippen LogP contribution in [0.1, 0.15) is 73.7 Å². The first-order valence-electron chi connectivity index (χ1n) is 11.9. The van der Waals surface area contributed by atoms with Crippen LogP contribution in [0.3, 0.4) is 0 Å². The number of piperidine rings is 1. The Balaban J connectivity index is 1.26. The van der Waals surface area contributed by atoms with Gasteiger partial charge < -0.3 is 14.2 Å². The molecule has 2 aromatic rings. The number of carbonyl (C=O) groups excluding carboxylic acids is 1. The molecule has 0 unspecified atom stereocenters. The van der Waals surface area contributed by atoms with Gasteiger partial charge in [-0.05, 0) is 50.5 Å². The molecule has 0 radical (unpaired) electrons. The highest BCUT2D eigenvalue weighted by atomic mass is 16.5. The van der Waals surface area contributed by atoms with Crippen LogP contribution < -0.4 is 0 Å². The highest BCUT2D eigenvalue weighted by Gasteiger charge is 2.45. The predicted octanol–water partition coefficient (Wildman–Crippen LogP) is 4.18. The van der Waals surface area contributed by atoms with E-state index in [9.17, 15) is 4.79 Å². The minimum absolute atomic E-state index is 0.0469. The molecule has 1 amide bonds. The standard InChI is InChI=1S/C25H33N3O3/c1-18-2-4-19(5-3-18)16-22(29)28-12-10-25(11-13-28,17-20-6-7-20)24-26-23(31-27-24)21-8-14-30-15-9-21/h2-5,20-21H,6-17H2,1H3. The fourth-order valence-electron chi connectivity index (χ4n) is 5.13. The zero-order valence-electron chi connectivity index (χ0n) is 18.5. The number of hydrogen-bond donors (Lipinski definition) is 0. The van der Waals surface area contributed by atoms with Gasteiger partial charge in [0.1, 0.15) is 0 Å². The quantitative estimate of drug-likeness (QED) is 0.697. The first-order chi connectivity index (χ1) is 15.1. The van der Waals surface area contributed by atoms with Crippen molar-refractivity contribution >= 4 is 5.91 Å². The van der Waals surface area contributed by atoms with E-state index >= 15 is 0 Å². The van der Waals surface area contributed by atoms with E-state index in [0.29, 0.717) is 12.3 Å². The fraction of sp³-hybridized carbons (Fsp3) is 0.640. The molecule has 3 aliphatic rings. The van der Waals surface area contributed by atoms with E-state index < -0.39 is 0 Å². The topological polar surface area (TPSA) is 68.5 Å². The number of ether oxygens (including phenoxy) is 1. The Kier molecular flexibility index (Phi) is 5.83. The molecule has 6 heteroatoms. The average Bonchev–Trinajstić information content (AvgIpc) is 3.46. The third kappa shape index (κ3) is 4.69. The summed E-state index contributed by atoms with van der Waals surface area (Å²) in [6.45, 7) is 5.17. The second-order valence-electron chi connectivity index (χ2n) is 9.81. The molecule has 0 spiro atoms. The summed E-state index contributed by atoms with van der Waals surface area (Å²) in [4.78, 5) is 19.9. The number of rotatable bonds is 6. The second kappa shape index (κ2) is 8.73. The Morgan fingerprint density at radius 2 is 1.81 bits per heavy atom. The van der Waals surface area contributed by atoms with Gasteiger partial charge in [0.25, 0.3) is 0 Å². The average molecular weight is 424 g/mol. The van der Waals surface area contributed by atoms with Crippen LogP contribution in [0, 0.1) is 12.8 Å². The summed E-state index contributed by atoms with van der Waals surface area (Å²) < 4.78 is 11.2. The van der Waals surface area contributed by atoms with E-state index in [1.54, 1.807) is 0 Å². The molecule has 0 bridgehead atoms. The second-order valence-corrected chi connectivity index (χ2v) is 9.81. The number of amides is 1. The highest BCUT2D eigenvalue weighted by molar-refractivity contribution is 5.79. The predicted molar refractivity (Wildman–Crippen MR) is 117 cm³/mol. The molecular formula is C25H33N3O3. The molecule has 1 aromatic heterocycles. The van der Waals surface area contributed by atoms with Crippen molar-refractivity contribution in [2.45, 2.75) is 69.6 Å². The molecule has 166 valence electrons. The van der Waals surface area contributed by atoms with E-state index in [1.807, 2.05) is 4.90 Å². The van der Waals surface area contributed by atoms with Crippen molar-refractivity contribution in [2.75, 3.05) is 26.3 Å². The zero-order valence-corrected chi connectivity index (χ0v) is 18.5. The largest absolute Gasteiger partial charge is 0.381 e. The molecule has 1 aliphatic carbocycles. The third-order valence-electron chi connectivity index (χ3n) is 7.41. The maximum Gasteiger partial charge on any atom is 0.229 e. The van der Waals surface area contributed by atoms with Gasteiger partial charge in [-0.25, -0.2) is 0 Å². The minimum atomic E-state index is -0.0469. The molecule has 0 atom stereocenters. The number of benzene rings is 1. The SMILES string of the molecule is Cc1ccc(CC(=O)N2CCC(CC3CC3)(c3noc(C4CCOCC4)n3)CC2)cc1. The van der Waals surface area contributed by atoms with Gasteiger partial charge in [0.05, 0.1) is 6.42 Å². The van der Waals surface area contributed by atoms with Gasteiger partial charge in [-0.15, -0.1) is 0 Å². The van der Waals surface area contributed by atoms with Crippen LogP contribution in [0.25, 0.3) is 0 Å². The van der Waals surface area contributed by atoms with Gasteiger partial charge in [0.15, 0.2) is 5.82 Å². The summed E-state index contributed by atoms with van der Waals surface area (Å²) in [7, 11) is 0. The zero-order chi connectivity index (χ0) is 21.3. The van der Waals surface area contributed by atoms with Crippen LogP contribution in [-0.4, -0.2) is 47.3 Å². The summed E-state index contributed by atoms with van der Waals surface area (Å²) in [5, 5.41) is 4.48. The molecule has 2 saturated heterocycles. The summed E-state index contributed by atoms with van der Waals surface area (Å²) in [5.41, 5.74) is 2.26. The molecule has 1 aromatic carbocycles. The number of nitrogens with zero attached hydrogens (tertiary/aromatic N) is 3. The molecular weight excluding hydrogens is 390 g/mol. The van der Waals surface area contributed by atoms with Crippen molar-refractivity contribution < 1.29 is 14.1 Å². The Morgan fingerprint density at radius 3 is 2.48 bits per heavy atom. The van der Waals surface area contributed by atoms with E-state index in [-0.39, 0.29) is 11.3 Å². The minimum Gasteiger partial charge on any atom is -0.381 e. The Hall–Kier alpha value is -2.21. The molecule has 31 heavy (non-hydrogen) atoms. The Bertz CT molecular complexity index is 889. The summed E-state index contributed by atoms with van der Waals surface area (Å²) in [5.74, 6) is 2.99. The maximum atomic E-state index is 12.9. The summed E-state index contributed by atoms with van der Waals surface area (Å²) in [6.07, 6.45) is 7.99. The first kappa shape index (κ1) is 20.7. The lowest BCUT2D eigenvalue weighted by atomic mass is 9.73. The molecule has 3 fully saturated rings. The van der Waals surface area contributed by atoms with Gasteiger partial charge in [0, 0.05) is 37.6 Å². The maximum absolute atomic E-state index is 12.9. The summed E-state index contributed by atoms with van der Waals surface area (Å²) >= 11 is 0. The number of aromatic nitrogens is 2. The van der Waals surface area contributed by atoms with Crippen LogP contribution >= 0.6 is 0 Å². The van der Waals surface area contributed by atoms with Gasteiger partial charge in [0.2, 0.25) is 11.8 Å². The third-order valence-corrected chi connectivity index (χ3v) is 7.41. The lowest BCUT2D eigenvalue weighted by molar-refractivity contribution is -0.132. The molecule has 6 nitrogen and oxygen atoms in total. The molecule has 5 rings (SSSR count).